The quantitative estimate of drug-likeness (QED) is 0.585. The molecule has 86 valence electrons. The Hall–Kier alpha value is -1.98. The molecular weight excluding hydrogens is 222 g/mol. The van der Waals surface area contributed by atoms with E-state index in [2.05, 4.69) is 9.47 Å². The highest BCUT2D eigenvalue weighted by Crippen LogP contribution is 2.19. The maximum atomic E-state index is 11.9. The van der Waals surface area contributed by atoms with Crippen LogP contribution in [0.25, 0.3) is 0 Å². The Bertz CT molecular complexity index is 404. The number of ether oxygens (including phenoxy) is 2. The first-order valence-electron chi connectivity index (χ1n) is 4.21. The van der Waals surface area contributed by atoms with Crippen LogP contribution >= 0.6 is 0 Å². The van der Waals surface area contributed by atoms with Crippen molar-refractivity contribution >= 4 is 12.3 Å². The average Bonchev–Trinajstić information content (AvgIpc) is 2.27. The Morgan fingerprint density at radius 3 is 2.62 bits per heavy atom. The number of halogens is 2. The summed E-state index contributed by atoms with van der Waals surface area (Å²) < 4.78 is 32.3. The maximum Gasteiger partial charge on any atom is 0.387 e. The van der Waals surface area contributed by atoms with Gasteiger partial charge in [0.2, 0.25) is 0 Å². The van der Waals surface area contributed by atoms with E-state index in [1.807, 2.05) is 0 Å². The third kappa shape index (κ3) is 2.75. The van der Waals surface area contributed by atoms with Crippen LogP contribution in [-0.4, -0.2) is 26.0 Å². The largest absolute Gasteiger partial charge is 0.465 e. The Kier molecular flexibility index (Phi) is 3.93. The zero-order chi connectivity index (χ0) is 12.1. The number of esters is 1. The minimum atomic E-state index is -2.98. The van der Waals surface area contributed by atoms with E-state index in [1.54, 1.807) is 0 Å². The van der Waals surface area contributed by atoms with Crippen molar-refractivity contribution in [2.45, 2.75) is 6.61 Å². The molecule has 1 aromatic rings. The predicted octanol–water partition coefficient (Wildman–Crippen LogP) is 1.89. The van der Waals surface area contributed by atoms with Crippen molar-refractivity contribution in [3.8, 4) is 5.75 Å². The molecule has 0 heterocycles. The van der Waals surface area contributed by atoms with Crippen molar-refractivity contribution in [2.75, 3.05) is 7.11 Å². The van der Waals surface area contributed by atoms with Gasteiger partial charge < -0.3 is 9.47 Å². The fourth-order valence-corrected chi connectivity index (χ4v) is 1.11. The average molecular weight is 230 g/mol. The van der Waals surface area contributed by atoms with Crippen molar-refractivity contribution in [3.63, 3.8) is 0 Å². The molecule has 0 aliphatic rings. The Morgan fingerprint density at radius 1 is 1.44 bits per heavy atom. The number of carbonyl (C=O) groups excluding carboxylic acids is 2. The fraction of sp³-hybridized carbons (Fsp3) is 0.200. The van der Waals surface area contributed by atoms with E-state index in [4.69, 9.17) is 0 Å². The van der Waals surface area contributed by atoms with Crippen LogP contribution in [0.1, 0.15) is 20.7 Å². The number of aldehydes is 1. The summed E-state index contributed by atoms with van der Waals surface area (Å²) >= 11 is 0. The highest BCUT2D eigenvalue weighted by molar-refractivity contribution is 5.98. The van der Waals surface area contributed by atoms with Gasteiger partial charge in [-0.3, -0.25) is 4.79 Å². The second-order valence-corrected chi connectivity index (χ2v) is 2.74. The molecule has 6 heteroatoms. The molecule has 0 saturated heterocycles. The number of hydrogen-bond acceptors (Lipinski definition) is 4. The van der Waals surface area contributed by atoms with Gasteiger partial charge in [0.15, 0.2) is 6.29 Å². The first-order chi connectivity index (χ1) is 7.58. The van der Waals surface area contributed by atoms with Crippen LogP contribution in [0.2, 0.25) is 0 Å². The Morgan fingerprint density at radius 2 is 2.12 bits per heavy atom. The summed E-state index contributed by atoms with van der Waals surface area (Å²) in [6.45, 7) is -2.98. The van der Waals surface area contributed by atoms with Gasteiger partial charge in [-0.2, -0.15) is 8.78 Å². The first kappa shape index (κ1) is 12.1. The van der Waals surface area contributed by atoms with Gasteiger partial charge in [-0.15, -0.1) is 0 Å². The summed E-state index contributed by atoms with van der Waals surface area (Å²) in [6, 6.07) is 3.39. The topological polar surface area (TPSA) is 52.6 Å². The van der Waals surface area contributed by atoms with Crippen molar-refractivity contribution in [1.82, 2.24) is 0 Å². The molecule has 0 unspecified atom stereocenters. The zero-order valence-electron chi connectivity index (χ0n) is 8.28. The summed E-state index contributed by atoms with van der Waals surface area (Å²) in [5.74, 6) is -0.907. The van der Waals surface area contributed by atoms with Crippen LogP contribution in [0.4, 0.5) is 8.78 Å². The standard InChI is InChI=1S/C10H8F2O4/c1-15-9(14)8-3-2-7(16-10(11)12)4-6(8)5-13/h2-5,10H,1H3. The summed E-state index contributed by atoms with van der Waals surface area (Å²) in [7, 11) is 1.15. The van der Waals surface area contributed by atoms with Crippen LogP contribution in [0.15, 0.2) is 18.2 Å². The molecule has 0 aromatic heterocycles. The van der Waals surface area contributed by atoms with Gasteiger partial charge in [0.05, 0.1) is 12.7 Å². The van der Waals surface area contributed by atoms with Crippen LogP contribution in [0, 0.1) is 0 Å². The van der Waals surface area contributed by atoms with Crippen molar-refractivity contribution in [3.05, 3.63) is 29.3 Å². The second-order valence-electron chi connectivity index (χ2n) is 2.74. The number of hydrogen-bond donors (Lipinski definition) is 0. The highest BCUT2D eigenvalue weighted by atomic mass is 19.3. The minimum absolute atomic E-state index is 0.000818. The van der Waals surface area contributed by atoms with Crippen LogP contribution in [0.3, 0.4) is 0 Å². The highest BCUT2D eigenvalue weighted by Gasteiger charge is 2.13. The number of benzene rings is 1. The van der Waals surface area contributed by atoms with Crippen molar-refractivity contribution in [2.24, 2.45) is 0 Å². The molecule has 0 aliphatic heterocycles. The van der Waals surface area contributed by atoms with Crippen LogP contribution < -0.4 is 4.74 Å². The molecule has 1 aromatic carbocycles. The molecule has 0 atom stereocenters. The number of carbonyl (C=O) groups is 2. The molecule has 0 aliphatic carbocycles. The fourth-order valence-electron chi connectivity index (χ4n) is 1.11. The van der Waals surface area contributed by atoms with Gasteiger partial charge in [-0.25, -0.2) is 4.79 Å². The SMILES string of the molecule is COC(=O)c1ccc(OC(F)F)cc1C=O. The lowest BCUT2D eigenvalue weighted by Crippen LogP contribution is -2.07. The monoisotopic (exact) mass is 230 g/mol. The molecule has 0 fully saturated rings. The molecule has 0 spiro atoms. The molecule has 0 amide bonds. The molecule has 1 rings (SSSR count). The lowest BCUT2D eigenvalue weighted by atomic mass is 10.1. The minimum Gasteiger partial charge on any atom is -0.465 e. The molecule has 0 bridgehead atoms. The van der Waals surface area contributed by atoms with Gasteiger partial charge in [0.1, 0.15) is 5.75 Å². The van der Waals surface area contributed by atoms with Gasteiger partial charge in [0.25, 0.3) is 0 Å². The van der Waals surface area contributed by atoms with Crippen molar-refractivity contribution < 1.29 is 27.8 Å². The molecule has 0 N–H and O–H groups in total. The first-order valence-corrected chi connectivity index (χ1v) is 4.21. The van der Waals surface area contributed by atoms with E-state index in [-0.39, 0.29) is 16.9 Å². The zero-order valence-corrected chi connectivity index (χ0v) is 8.28. The number of alkyl halides is 2. The molecule has 0 saturated carbocycles. The van der Waals surface area contributed by atoms with E-state index < -0.39 is 12.6 Å². The van der Waals surface area contributed by atoms with Gasteiger partial charge >= 0.3 is 12.6 Å². The molecule has 16 heavy (non-hydrogen) atoms. The summed E-state index contributed by atoms with van der Waals surface area (Å²) in [4.78, 5) is 21.8. The van der Waals surface area contributed by atoms with Gasteiger partial charge in [0, 0.05) is 5.56 Å². The molecule has 4 nitrogen and oxygen atoms in total. The third-order valence-electron chi connectivity index (χ3n) is 1.78. The van der Waals surface area contributed by atoms with Gasteiger partial charge in [-0.1, -0.05) is 0 Å². The van der Waals surface area contributed by atoms with E-state index >= 15 is 0 Å². The number of rotatable bonds is 4. The predicted molar refractivity (Wildman–Crippen MR) is 49.8 cm³/mol. The molecule has 0 radical (unpaired) electrons. The van der Waals surface area contributed by atoms with Crippen LogP contribution in [0.5, 0.6) is 5.75 Å². The third-order valence-corrected chi connectivity index (χ3v) is 1.78. The lowest BCUT2D eigenvalue weighted by molar-refractivity contribution is -0.0498. The normalized spacial score (nSPS) is 10.0. The lowest BCUT2D eigenvalue weighted by Gasteiger charge is -2.07. The molecular formula is C10H8F2O4. The van der Waals surface area contributed by atoms with Crippen LogP contribution in [-0.2, 0) is 4.74 Å². The van der Waals surface area contributed by atoms with Crippen molar-refractivity contribution in [1.29, 1.82) is 0 Å². The summed E-state index contributed by atoms with van der Waals surface area (Å²) in [6.07, 6.45) is 0.366. The van der Waals surface area contributed by atoms with Gasteiger partial charge in [-0.05, 0) is 18.2 Å². The Labute approximate surface area is 89.8 Å². The van der Waals surface area contributed by atoms with E-state index in [0.29, 0.717) is 6.29 Å². The van der Waals surface area contributed by atoms with E-state index in [9.17, 15) is 18.4 Å². The summed E-state index contributed by atoms with van der Waals surface area (Å²) in [5.41, 5.74) is -0.0656. The van der Waals surface area contributed by atoms with E-state index in [1.165, 1.54) is 6.07 Å². The Balaban J connectivity index is 3.06. The van der Waals surface area contributed by atoms with E-state index in [0.717, 1.165) is 19.2 Å². The second kappa shape index (κ2) is 5.20. The number of methoxy groups -OCH3 is 1. The smallest absolute Gasteiger partial charge is 0.387 e. The maximum absolute atomic E-state index is 11.9. The summed E-state index contributed by atoms with van der Waals surface area (Å²) in [5, 5.41) is 0.